The average molecular weight is 297 g/mol. The number of aromatic amines is 1. The number of rotatable bonds is 3. The summed E-state index contributed by atoms with van der Waals surface area (Å²) in [6.07, 6.45) is 8.76. The van der Waals surface area contributed by atoms with Gasteiger partial charge in [-0.15, -0.1) is 0 Å². The highest BCUT2D eigenvalue weighted by Gasteiger charge is 2.33. The minimum atomic E-state index is -0.659. The molecule has 1 aliphatic heterocycles. The van der Waals surface area contributed by atoms with Gasteiger partial charge in [-0.3, -0.25) is 0 Å². The van der Waals surface area contributed by atoms with E-state index in [1.54, 1.807) is 12.5 Å². The molecule has 0 amide bonds. The van der Waals surface area contributed by atoms with Gasteiger partial charge in [0.25, 0.3) is 0 Å². The Morgan fingerprint density at radius 1 is 1.23 bits per heavy atom. The first-order valence-electron chi connectivity index (χ1n) is 7.59. The second-order valence-electron chi connectivity index (χ2n) is 6.03. The van der Waals surface area contributed by atoms with Crippen molar-refractivity contribution in [2.24, 2.45) is 0 Å². The Morgan fingerprint density at radius 2 is 2.09 bits per heavy atom. The third kappa shape index (κ3) is 2.46. The number of hydrogen-bond donors (Lipinski definition) is 2. The Bertz CT molecular complexity index is 756. The van der Waals surface area contributed by atoms with Crippen LogP contribution in [-0.2, 0) is 6.54 Å². The summed E-state index contributed by atoms with van der Waals surface area (Å²) in [4.78, 5) is 14.1. The van der Waals surface area contributed by atoms with E-state index in [0.29, 0.717) is 6.54 Å². The number of imidazole rings is 1. The molecule has 0 saturated carbocycles. The van der Waals surface area contributed by atoms with Crippen molar-refractivity contribution in [3.05, 3.63) is 43.1 Å². The molecule has 4 rings (SSSR count). The first-order valence-corrected chi connectivity index (χ1v) is 7.59. The zero-order valence-electron chi connectivity index (χ0n) is 12.3. The molecule has 22 heavy (non-hydrogen) atoms. The lowest BCUT2D eigenvalue weighted by atomic mass is 9.91. The van der Waals surface area contributed by atoms with Gasteiger partial charge in [-0.1, -0.05) is 0 Å². The smallest absolute Gasteiger partial charge is 0.139 e. The van der Waals surface area contributed by atoms with Gasteiger partial charge in [-0.05, 0) is 31.0 Å². The molecule has 3 aromatic rings. The van der Waals surface area contributed by atoms with Crippen molar-refractivity contribution in [2.75, 3.05) is 18.0 Å². The molecule has 4 heterocycles. The van der Waals surface area contributed by atoms with Crippen LogP contribution in [0, 0.1) is 0 Å². The van der Waals surface area contributed by atoms with E-state index in [9.17, 15) is 5.11 Å². The number of H-pyrrole nitrogens is 1. The molecule has 3 aromatic heterocycles. The molecule has 1 saturated heterocycles. The lowest BCUT2D eigenvalue weighted by molar-refractivity contribution is -0.000170. The van der Waals surface area contributed by atoms with Gasteiger partial charge in [-0.25, -0.2) is 9.97 Å². The van der Waals surface area contributed by atoms with Crippen molar-refractivity contribution in [3.63, 3.8) is 0 Å². The van der Waals surface area contributed by atoms with E-state index in [4.69, 9.17) is 0 Å². The van der Waals surface area contributed by atoms with Gasteiger partial charge in [0, 0.05) is 37.1 Å². The third-order valence-corrected chi connectivity index (χ3v) is 4.45. The van der Waals surface area contributed by atoms with Crippen molar-refractivity contribution in [1.29, 1.82) is 0 Å². The highest BCUT2D eigenvalue weighted by molar-refractivity contribution is 5.77. The zero-order chi connectivity index (χ0) is 15.0. The van der Waals surface area contributed by atoms with Gasteiger partial charge >= 0.3 is 0 Å². The van der Waals surface area contributed by atoms with Crippen LogP contribution in [0.3, 0.4) is 0 Å². The van der Waals surface area contributed by atoms with Gasteiger partial charge in [0.2, 0.25) is 0 Å². The highest BCUT2D eigenvalue weighted by atomic mass is 16.3. The summed E-state index contributed by atoms with van der Waals surface area (Å²) >= 11 is 0. The van der Waals surface area contributed by atoms with Crippen molar-refractivity contribution < 1.29 is 5.11 Å². The fourth-order valence-corrected chi connectivity index (χ4v) is 3.13. The van der Waals surface area contributed by atoms with Crippen molar-refractivity contribution in [2.45, 2.75) is 25.0 Å². The van der Waals surface area contributed by atoms with Crippen LogP contribution < -0.4 is 4.90 Å². The van der Waals surface area contributed by atoms with Crippen LogP contribution in [0.4, 0.5) is 5.82 Å². The highest BCUT2D eigenvalue weighted by Crippen LogP contribution is 2.27. The van der Waals surface area contributed by atoms with Crippen molar-refractivity contribution >= 4 is 16.9 Å². The fraction of sp³-hybridized carbons (Fsp3) is 0.375. The van der Waals surface area contributed by atoms with E-state index in [-0.39, 0.29) is 0 Å². The molecule has 0 radical (unpaired) electrons. The molecule has 0 unspecified atom stereocenters. The van der Waals surface area contributed by atoms with Crippen LogP contribution in [0.5, 0.6) is 0 Å². The molecule has 0 atom stereocenters. The SMILES string of the molecule is OC1(Cn2ccnc2)CCN(c2ccc3cc[nH]c3n2)CC1. The average Bonchev–Trinajstić information content (AvgIpc) is 3.18. The molecule has 114 valence electrons. The number of aliphatic hydroxyl groups is 1. The lowest BCUT2D eigenvalue weighted by Gasteiger charge is -2.38. The number of piperidine rings is 1. The predicted octanol–water partition coefficient (Wildman–Crippen LogP) is 1.79. The van der Waals surface area contributed by atoms with Gasteiger partial charge in [0.15, 0.2) is 0 Å². The number of fused-ring (bicyclic) bond motifs is 1. The maximum Gasteiger partial charge on any atom is 0.139 e. The number of hydrogen-bond acceptors (Lipinski definition) is 4. The predicted molar refractivity (Wildman–Crippen MR) is 84.7 cm³/mol. The van der Waals surface area contributed by atoms with Crippen LogP contribution in [-0.4, -0.2) is 43.3 Å². The molecule has 1 fully saturated rings. The number of nitrogens with one attached hydrogen (secondary N) is 1. The van der Waals surface area contributed by atoms with Gasteiger partial charge in [0.05, 0.1) is 18.5 Å². The maximum atomic E-state index is 10.7. The number of aromatic nitrogens is 4. The maximum absolute atomic E-state index is 10.7. The van der Waals surface area contributed by atoms with Crippen LogP contribution >= 0.6 is 0 Å². The molecule has 0 spiro atoms. The third-order valence-electron chi connectivity index (χ3n) is 4.45. The topological polar surface area (TPSA) is 70.0 Å². The van der Waals surface area contributed by atoms with Gasteiger partial charge in [0.1, 0.15) is 11.5 Å². The molecule has 6 nitrogen and oxygen atoms in total. The standard InChI is InChI=1S/C16H19N5O/c22-16(11-20-10-7-17-12-20)4-8-21(9-5-16)14-2-1-13-3-6-18-15(13)19-14/h1-3,6-7,10,12,22H,4-5,8-9,11H2,(H,18,19). The number of anilines is 1. The first-order chi connectivity index (χ1) is 10.7. The Balaban J connectivity index is 1.46. The monoisotopic (exact) mass is 297 g/mol. The summed E-state index contributed by atoms with van der Waals surface area (Å²) in [5, 5.41) is 11.9. The Morgan fingerprint density at radius 3 is 2.86 bits per heavy atom. The fourth-order valence-electron chi connectivity index (χ4n) is 3.13. The number of nitrogens with zero attached hydrogens (tertiary/aromatic N) is 4. The van der Waals surface area contributed by atoms with E-state index >= 15 is 0 Å². The molecular formula is C16H19N5O. The molecule has 6 heteroatoms. The summed E-state index contributed by atoms with van der Waals surface area (Å²) in [5.41, 5.74) is 0.255. The summed E-state index contributed by atoms with van der Waals surface area (Å²) in [5.74, 6) is 0.972. The summed E-state index contributed by atoms with van der Waals surface area (Å²) in [7, 11) is 0. The van der Waals surface area contributed by atoms with Gasteiger partial charge < -0.3 is 19.6 Å². The van der Waals surface area contributed by atoms with E-state index < -0.39 is 5.60 Å². The minimum Gasteiger partial charge on any atom is -0.388 e. The summed E-state index contributed by atoms with van der Waals surface area (Å²) in [6.45, 7) is 2.22. The summed E-state index contributed by atoms with van der Waals surface area (Å²) in [6, 6.07) is 6.16. The van der Waals surface area contributed by atoms with Crippen LogP contribution in [0.1, 0.15) is 12.8 Å². The van der Waals surface area contributed by atoms with Crippen molar-refractivity contribution in [3.8, 4) is 0 Å². The van der Waals surface area contributed by atoms with Crippen LogP contribution in [0.15, 0.2) is 43.1 Å². The summed E-state index contributed by atoms with van der Waals surface area (Å²) < 4.78 is 1.94. The molecule has 0 aliphatic carbocycles. The number of pyridine rings is 1. The Labute approximate surface area is 128 Å². The van der Waals surface area contributed by atoms with E-state index in [0.717, 1.165) is 42.8 Å². The second-order valence-corrected chi connectivity index (χ2v) is 6.03. The zero-order valence-corrected chi connectivity index (χ0v) is 12.3. The van der Waals surface area contributed by atoms with Crippen LogP contribution in [0.25, 0.3) is 11.0 Å². The molecule has 0 aromatic carbocycles. The normalized spacial score (nSPS) is 18.0. The van der Waals surface area contributed by atoms with Crippen LogP contribution in [0.2, 0.25) is 0 Å². The Kier molecular flexibility index (Phi) is 3.11. The lowest BCUT2D eigenvalue weighted by Crippen LogP contribution is -2.47. The largest absolute Gasteiger partial charge is 0.388 e. The van der Waals surface area contributed by atoms with E-state index in [1.807, 2.05) is 23.0 Å². The minimum absolute atomic E-state index is 0.601. The Hall–Kier alpha value is -2.34. The molecule has 1 aliphatic rings. The molecular weight excluding hydrogens is 278 g/mol. The van der Waals surface area contributed by atoms with Gasteiger partial charge in [-0.2, -0.15) is 0 Å². The van der Waals surface area contributed by atoms with E-state index in [1.165, 1.54) is 0 Å². The van der Waals surface area contributed by atoms with E-state index in [2.05, 4.69) is 32.0 Å². The first kappa shape index (κ1) is 13.3. The molecule has 0 bridgehead atoms. The molecule has 2 N–H and O–H groups in total. The quantitative estimate of drug-likeness (QED) is 0.773. The second kappa shape index (κ2) is 5.14. The van der Waals surface area contributed by atoms with Crippen molar-refractivity contribution in [1.82, 2.24) is 19.5 Å².